The molecular weight excluding hydrogens is 356 g/mol. The Balaban J connectivity index is 1.63. The maximum absolute atomic E-state index is 12.7. The zero-order valence-corrected chi connectivity index (χ0v) is 16.8. The Labute approximate surface area is 166 Å². The Morgan fingerprint density at radius 1 is 0.893 bits per heavy atom. The molecule has 0 atom stereocenters. The number of benzene rings is 2. The van der Waals surface area contributed by atoms with Crippen molar-refractivity contribution in [2.45, 2.75) is 25.9 Å². The maximum atomic E-state index is 12.7. The summed E-state index contributed by atoms with van der Waals surface area (Å²) < 4.78 is 15.9. The molecule has 0 unspecified atom stereocenters. The number of rotatable bonds is 8. The Hall–Kier alpha value is -2.73. The van der Waals surface area contributed by atoms with Crippen LogP contribution in [0.15, 0.2) is 36.4 Å². The Morgan fingerprint density at radius 3 is 2.07 bits per heavy atom. The van der Waals surface area contributed by atoms with Gasteiger partial charge in [0, 0.05) is 37.1 Å². The van der Waals surface area contributed by atoms with Crippen molar-refractivity contribution in [2.24, 2.45) is 0 Å². The van der Waals surface area contributed by atoms with Crippen LogP contribution in [0.2, 0.25) is 0 Å². The average Bonchev–Trinajstić information content (AvgIpc) is 3.25. The van der Waals surface area contributed by atoms with E-state index in [2.05, 4.69) is 29.6 Å². The van der Waals surface area contributed by atoms with Crippen LogP contribution in [0.1, 0.15) is 34.3 Å². The standard InChI is InChI=1S/C22H28N2O4/c1-26-19-13-21(28-3)20(27-2)12-18(19)22(25)23-14-16-6-8-17(9-7-16)15-24-10-4-5-11-24/h6-9,12-13H,4-5,10-11,14-15H2,1-3H3,(H,23,25)/p+1. The molecule has 2 N–H and O–H groups in total. The number of amides is 1. The second kappa shape index (κ2) is 9.46. The molecule has 6 nitrogen and oxygen atoms in total. The number of ether oxygens (including phenoxy) is 3. The summed E-state index contributed by atoms with van der Waals surface area (Å²) in [7, 11) is 4.61. The topological polar surface area (TPSA) is 61.2 Å². The van der Waals surface area contributed by atoms with E-state index >= 15 is 0 Å². The molecule has 1 aliphatic rings. The lowest BCUT2D eigenvalue weighted by atomic mass is 10.1. The SMILES string of the molecule is COc1cc(OC)c(C(=O)NCc2ccc(C[NH+]3CCCC3)cc2)cc1OC. The van der Waals surface area contributed by atoms with E-state index in [1.165, 1.54) is 45.7 Å². The monoisotopic (exact) mass is 385 g/mol. The number of likely N-dealkylation sites (tertiary alicyclic amines) is 1. The van der Waals surface area contributed by atoms with Gasteiger partial charge in [-0.15, -0.1) is 0 Å². The molecule has 28 heavy (non-hydrogen) atoms. The molecule has 1 aliphatic heterocycles. The van der Waals surface area contributed by atoms with Crippen LogP contribution in [0.4, 0.5) is 0 Å². The van der Waals surface area contributed by atoms with E-state index in [0.29, 0.717) is 29.4 Å². The van der Waals surface area contributed by atoms with E-state index in [-0.39, 0.29) is 5.91 Å². The van der Waals surface area contributed by atoms with Crippen molar-refractivity contribution in [3.05, 3.63) is 53.1 Å². The van der Waals surface area contributed by atoms with E-state index in [1.54, 1.807) is 24.1 Å². The molecule has 150 valence electrons. The number of quaternary nitrogens is 1. The minimum atomic E-state index is -0.219. The molecule has 1 amide bonds. The summed E-state index contributed by atoms with van der Waals surface area (Å²) in [5.74, 6) is 1.23. The summed E-state index contributed by atoms with van der Waals surface area (Å²) in [5, 5.41) is 2.95. The van der Waals surface area contributed by atoms with Gasteiger partial charge in [-0.3, -0.25) is 4.79 Å². The summed E-state index contributed by atoms with van der Waals surface area (Å²) in [6.07, 6.45) is 2.66. The Kier molecular flexibility index (Phi) is 6.76. The first kappa shape index (κ1) is 20.0. The maximum Gasteiger partial charge on any atom is 0.255 e. The summed E-state index contributed by atoms with van der Waals surface area (Å²) >= 11 is 0. The molecule has 1 heterocycles. The average molecular weight is 385 g/mol. The molecule has 1 saturated heterocycles. The lowest BCUT2D eigenvalue weighted by Crippen LogP contribution is -3.08. The number of methoxy groups -OCH3 is 3. The summed E-state index contributed by atoms with van der Waals surface area (Å²) in [5.41, 5.74) is 2.82. The molecule has 0 saturated carbocycles. The third kappa shape index (κ3) is 4.75. The molecule has 0 radical (unpaired) electrons. The van der Waals surface area contributed by atoms with Crippen molar-refractivity contribution >= 4 is 5.91 Å². The van der Waals surface area contributed by atoms with Gasteiger partial charge in [0.25, 0.3) is 5.91 Å². The number of nitrogens with one attached hydrogen (secondary N) is 2. The number of carbonyl (C=O) groups is 1. The van der Waals surface area contributed by atoms with E-state index < -0.39 is 0 Å². The van der Waals surface area contributed by atoms with E-state index in [4.69, 9.17) is 14.2 Å². The second-order valence-corrected chi connectivity index (χ2v) is 7.04. The van der Waals surface area contributed by atoms with Gasteiger partial charge in [0.05, 0.1) is 40.0 Å². The van der Waals surface area contributed by atoms with Gasteiger partial charge in [0.15, 0.2) is 11.5 Å². The van der Waals surface area contributed by atoms with Gasteiger partial charge in [-0.2, -0.15) is 0 Å². The highest BCUT2D eigenvalue weighted by atomic mass is 16.5. The number of hydrogen-bond donors (Lipinski definition) is 2. The van der Waals surface area contributed by atoms with Crippen LogP contribution in [-0.4, -0.2) is 40.3 Å². The van der Waals surface area contributed by atoms with Crippen LogP contribution in [0.3, 0.4) is 0 Å². The summed E-state index contributed by atoms with van der Waals surface area (Å²) in [6, 6.07) is 11.8. The van der Waals surface area contributed by atoms with Crippen molar-refractivity contribution < 1.29 is 23.9 Å². The molecule has 0 aromatic heterocycles. The van der Waals surface area contributed by atoms with Gasteiger partial charge in [-0.1, -0.05) is 24.3 Å². The van der Waals surface area contributed by atoms with Crippen LogP contribution in [0.25, 0.3) is 0 Å². The van der Waals surface area contributed by atoms with Crippen LogP contribution in [0.5, 0.6) is 17.2 Å². The molecule has 0 bridgehead atoms. The highest BCUT2D eigenvalue weighted by molar-refractivity contribution is 5.97. The first-order chi connectivity index (χ1) is 13.6. The number of hydrogen-bond acceptors (Lipinski definition) is 4. The minimum Gasteiger partial charge on any atom is -0.496 e. The van der Waals surface area contributed by atoms with Crippen LogP contribution in [-0.2, 0) is 13.1 Å². The Morgan fingerprint density at radius 2 is 1.46 bits per heavy atom. The normalized spacial score (nSPS) is 14.0. The molecule has 6 heteroatoms. The predicted molar refractivity (Wildman–Crippen MR) is 107 cm³/mol. The van der Waals surface area contributed by atoms with Gasteiger partial charge < -0.3 is 24.4 Å². The van der Waals surface area contributed by atoms with Crippen molar-refractivity contribution in [1.82, 2.24) is 5.32 Å². The van der Waals surface area contributed by atoms with Crippen LogP contribution >= 0.6 is 0 Å². The molecule has 1 fully saturated rings. The molecule has 2 aromatic carbocycles. The molecule has 2 aromatic rings. The molecular formula is C22H29N2O4+. The molecule has 0 aliphatic carbocycles. The van der Waals surface area contributed by atoms with Crippen molar-refractivity contribution in [1.29, 1.82) is 0 Å². The molecule has 3 rings (SSSR count). The Bertz CT molecular complexity index is 799. The zero-order valence-electron chi connectivity index (χ0n) is 16.8. The highest BCUT2D eigenvalue weighted by Crippen LogP contribution is 2.34. The third-order valence-corrected chi connectivity index (χ3v) is 5.19. The van der Waals surface area contributed by atoms with Gasteiger partial charge in [-0.25, -0.2) is 0 Å². The first-order valence-electron chi connectivity index (χ1n) is 9.64. The second-order valence-electron chi connectivity index (χ2n) is 7.04. The summed E-state index contributed by atoms with van der Waals surface area (Å²) in [6.45, 7) is 4.07. The largest absolute Gasteiger partial charge is 0.496 e. The highest BCUT2D eigenvalue weighted by Gasteiger charge is 2.18. The quantitative estimate of drug-likeness (QED) is 0.728. The summed E-state index contributed by atoms with van der Waals surface area (Å²) in [4.78, 5) is 14.3. The fraction of sp³-hybridized carbons (Fsp3) is 0.409. The van der Waals surface area contributed by atoms with Crippen LogP contribution < -0.4 is 24.4 Å². The van der Waals surface area contributed by atoms with Crippen LogP contribution in [0, 0.1) is 0 Å². The third-order valence-electron chi connectivity index (χ3n) is 5.19. The van der Waals surface area contributed by atoms with Gasteiger partial charge >= 0.3 is 0 Å². The number of carbonyl (C=O) groups excluding carboxylic acids is 1. The van der Waals surface area contributed by atoms with Crippen molar-refractivity contribution in [3.63, 3.8) is 0 Å². The lowest BCUT2D eigenvalue weighted by Gasteiger charge is -2.14. The van der Waals surface area contributed by atoms with Crippen molar-refractivity contribution in [2.75, 3.05) is 34.4 Å². The van der Waals surface area contributed by atoms with E-state index in [1.807, 2.05) is 0 Å². The van der Waals surface area contributed by atoms with E-state index in [0.717, 1.165) is 12.1 Å². The van der Waals surface area contributed by atoms with E-state index in [9.17, 15) is 4.79 Å². The first-order valence-corrected chi connectivity index (χ1v) is 9.64. The zero-order chi connectivity index (χ0) is 19.9. The predicted octanol–water partition coefficient (Wildman–Crippen LogP) is 1.82. The lowest BCUT2D eigenvalue weighted by molar-refractivity contribution is -0.901. The smallest absolute Gasteiger partial charge is 0.255 e. The fourth-order valence-electron chi connectivity index (χ4n) is 3.60. The molecule has 0 spiro atoms. The van der Waals surface area contributed by atoms with Crippen molar-refractivity contribution in [3.8, 4) is 17.2 Å². The van der Waals surface area contributed by atoms with Gasteiger partial charge in [0.1, 0.15) is 12.3 Å². The minimum absolute atomic E-state index is 0.219. The van der Waals surface area contributed by atoms with Gasteiger partial charge in [-0.05, 0) is 5.56 Å². The van der Waals surface area contributed by atoms with Gasteiger partial charge in [0.2, 0.25) is 0 Å². The fourth-order valence-corrected chi connectivity index (χ4v) is 3.60.